The van der Waals surface area contributed by atoms with Gasteiger partial charge in [-0.3, -0.25) is 9.89 Å². The Morgan fingerprint density at radius 2 is 2.40 bits per heavy atom. The number of nitrogens with zero attached hydrogens (tertiary/aromatic N) is 2. The average Bonchev–Trinajstić information content (AvgIpc) is 2.64. The van der Waals surface area contributed by atoms with Crippen LogP contribution in [0.5, 0.6) is 0 Å². The lowest BCUT2D eigenvalue weighted by Gasteiger charge is -2.06. The average molecular weight is 211 g/mol. The minimum absolute atomic E-state index is 0.109. The summed E-state index contributed by atoms with van der Waals surface area (Å²) in [5, 5.41) is 20.1. The van der Waals surface area contributed by atoms with Gasteiger partial charge in [0.05, 0.1) is 11.8 Å². The van der Waals surface area contributed by atoms with Gasteiger partial charge >= 0.3 is 0 Å². The highest BCUT2D eigenvalue weighted by atomic mass is 16.4. The van der Waals surface area contributed by atoms with E-state index in [1.54, 1.807) is 13.8 Å². The zero-order valence-electron chi connectivity index (χ0n) is 8.48. The minimum atomic E-state index is -0.175. The molecule has 15 heavy (non-hydrogen) atoms. The van der Waals surface area contributed by atoms with Gasteiger partial charge in [0.25, 0.3) is 0 Å². The van der Waals surface area contributed by atoms with Crippen molar-refractivity contribution in [2.75, 3.05) is 5.32 Å². The molecule has 0 saturated heterocycles. The first-order valence-corrected chi connectivity index (χ1v) is 4.38. The van der Waals surface area contributed by atoms with Crippen LogP contribution in [0.1, 0.15) is 19.4 Å². The highest BCUT2D eigenvalue weighted by Gasteiger charge is 2.14. The standard InChI is InChI=1S/C8H13N5O2/c1-4(2)8(14)11-7-5(3-10-12-7)6(9)13-15/h3-4,15H,1-2H3,(H2,9,13)(H2,10,11,12,14). The molecule has 0 fully saturated rings. The SMILES string of the molecule is CC(C)C(=O)Nc1[nH]ncc1C(N)=NO. The smallest absolute Gasteiger partial charge is 0.228 e. The van der Waals surface area contributed by atoms with Gasteiger partial charge in [0.15, 0.2) is 5.84 Å². The zero-order chi connectivity index (χ0) is 11.4. The third-order valence-corrected chi connectivity index (χ3v) is 1.80. The molecule has 0 bridgehead atoms. The lowest BCUT2D eigenvalue weighted by Crippen LogP contribution is -2.21. The van der Waals surface area contributed by atoms with Crippen molar-refractivity contribution in [1.82, 2.24) is 10.2 Å². The Kier molecular flexibility index (Phi) is 3.27. The predicted molar refractivity (Wildman–Crippen MR) is 54.6 cm³/mol. The van der Waals surface area contributed by atoms with Gasteiger partial charge in [0.2, 0.25) is 5.91 Å². The first-order valence-electron chi connectivity index (χ1n) is 4.38. The van der Waals surface area contributed by atoms with E-state index in [0.29, 0.717) is 11.4 Å². The van der Waals surface area contributed by atoms with Gasteiger partial charge in [0.1, 0.15) is 5.82 Å². The summed E-state index contributed by atoms with van der Waals surface area (Å²) in [7, 11) is 0. The Morgan fingerprint density at radius 3 is 2.93 bits per heavy atom. The number of anilines is 1. The number of nitrogens with two attached hydrogens (primary N) is 1. The van der Waals surface area contributed by atoms with Gasteiger partial charge in [-0.25, -0.2) is 0 Å². The molecule has 1 heterocycles. The van der Waals surface area contributed by atoms with Crippen LogP contribution in [0.2, 0.25) is 0 Å². The topological polar surface area (TPSA) is 116 Å². The molecule has 0 radical (unpaired) electrons. The number of nitrogens with one attached hydrogen (secondary N) is 2. The molecule has 5 N–H and O–H groups in total. The molecule has 0 unspecified atom stereocenters. The van der Waals surface area contributed by atoms with E-state index in [2.05, 4.69) is 20.7 Å². The van der Waals surface area contributed by atoms with Crippen molar-refractivity contribution in [1.29, 1.82) is 0 Å². The normalized spacial score (nSPS) is 11.8. The van der Waals surface area contributed by atoms with E-state index in [1.165, 1.54) is 6.20 Å². The quantitative estimate of drug-likeness (QED) is 0.245. The van der Waals surface area contributed by atoms with Crippen LogP contribution in [-0.4, -0.2) is 27.1 Å². The van der Waals surface area contributed by atoms with Crippen LogP contribution >= 0.6 is 0 Å². The largest absolute Gasteiger partial charge is 0.409 e. The fraction of sp³-hybridized carbons (Fsp3) is 0.375. The van der Waals surface area contributed by atoms with Crippen molar-refractivity contribution in [3.63, 3.8) is 0 Å². The molecule has 0 aliphatic rings. The molecule has 0 spiro atoms. The van der Waals surface area contributed by atoms with Gasteiger partial charge in [0, 0.05) is 5.92 Å². The molecule has 1 aromatic rings. The summed E-state index contributed by atoms with van der Waals surface area (Å²) in [5.41, 5.74) is 5.73. The van der Waals surface area contributed by atoms with Crippen LogP contribution in [0.15, 0.2) is 11.4 Å². The number of carbonyl (C=O) groups is 1. The van der Waals surface area contributed by atoms with Crippen molar-refractivity contribution >= 4 is 17.6 Å². The highest BCUT2D eigenvalue weighted by molar-refractivity contribution is 6.04. The minimum Gasteiger partial charge on any atom is -0.409 e. The molecule has 0 aliphatic heterocycles. The second kappa shape index (κ2) is 4.45. The Labute approximate surface area is 86.3 Å². The summed E-state index contributed by atoms with van der Waals surface area (Å²) < 4.78 is 0. The molecular formula is C8H13N5O2. The summed E-state index contributed by atoms with van der Waals surface area (Å²) >= 11 is 0. The van der Waals surface area contributed by atoms with Gasteiger partial charge < -0.3 is 16.3 Å². The fourth-order valence-corrected chi connectivity index (χ4v) is 0.897. The number of aromatic nitrogens is 2. The van der Waals surface area contributed by atoms with E-state index >= 15 is 0 Å². The van der Waals surface area contributed by atoms with Crippen LogP contribution in [0, 0.1) is 5.92 Å². The van der Waals surface area contributed by atoms with Crippen molar-refractivity contribution < 1.29 is 10.0 Å². The molecule has 82 valence electrons. The molecule has 0 aliphatic carbocycles. The monoisotopic (exact) mass is 211 g/mol. The number of hydrogen-bond donors (Lipinski definition) is 4. The Bertz CT molecular complexity index is 382. The van der Waals surface area contributed by atoms with Crippen LogP contribution in [0.25, 0.3) is 0 Å². The van der Waals surface area contributed by atoms with E-state index in [0.717, 1.165) is 0 Å². The van der Waals surface area contributed by atoms with E-state index in [-0.39, 0.29) is 17.7 Å². The van der Waals surface area contributed by atoms with Crippen molar-refractivity contribution in [3.05, 3.63) is 11.8 Å². The number of hydrogen-bond acceptors (Lipinski definition) is 4. The Morgan fingerprint density at radius 1 is 1.73 bits per heavy atom. The number of amidine groups is 1. The third kappa shape index (κ3) is 2.46. The molecule has 1 amide bonds. The molecule has 0 saturated carbocycles. The summed E-state index contributed by atoms with van der Waals surface area (Å²) in [6.45, 7) is 3.52. The zero-order valence-corrected chi connectivity index (χ0v) is 8.48. The molecular weight excluding hydrogens is 198 g/mol. The first kappa shape index (κ1) is 11.0. The summed E-state index contributed by atoms with van der Waals surface area (Å²) in [6, 6.07) is 0. The second-order valence-corrected chi connectivity index (χ2v) is 3.29. The number of rotatable bonds is 3. The summed E-state index contributed by atoms with van der Waals surface area (Å²) in [4.78, 5) is 11.4. The predicted octanol–water partition coefficient (Wildman–Crippen LogP) is 0.0987. The number of aromatic amines is 1. The lowest BCUT2D eigenvalue weighted by molar-refractivity contribution is -0.118. The Hall–Kier alpha value is -2.05. The maximum atomic E-state index is 11.4. The van der Waals surface area contributed by atoms with Crippen LogP contribution in [0.3, 0.4) is 0 Å². The fourth-order valence-electron chi connectivity index (χ4n) is 0.897. The van der Waals surface area contributed by atoms with Crippen LogP contribution in [0.4, 0.5) is 5.82 Å². The van der Waals surface area contributed by atoms with Gasteiger partial charge in [-0.1, -0.05) is 19.0 Å². The molecule has 0 atom stereocenters. The third-order valence-electron chi connectivity index (χ3n) is 1.80. The van der Waals surface area contributed by atoms with Crippen LogP contribution < -0.4 is 11.1 Å². The molecule has 1 rings (SSSR count). The highest BCUT2D eigenvalue weighted by Crippen LogP contribution is 2.11. The van der Waals surface area contributed by atoms with E-state index in [1.807, 2.05) is 0 Å². The molecule has 1 aromatic heterocycles. The van der Waals surface area contributed by atoms with Crippen molar-refractivity contribution in [2.45, 2.75) is 13.8 Å². The van der Waals surface area contributed by atoms with Gasteiger partial charge in [-0.2, -0.15) is 5.10 Å². The summed E-state index contributed by atoms with van der Waals surface area (Å²) in [5.74, 6) is -0.119. The van der Waals surface area contributed by atoms with E-state index in [9.17, 15) is 4.79 Å². The maximum absolute atomic E-state index is 11.4. The van der Waals surface area contributed by atoms with Crippen molar-refractivity contribution in [3.8, 4) is 0 Å². The van der Waals surface area contributed by atoms with E-state index in [4.69, 9.17) is 10.9 Å². The van der Waals surface area contributed by atoms with Gasteiger partial charge in [-0.15, -0.1) is 0 Å². The van der Waals surface area contributed by atoms with Gasteiger partial charge in [-0.05, 0) is 0 Å². The van der Waals surface area contributed by atoms with E-state index < -0.39 is 0 Å². The number of H-pyrrole nitrogens is 1. The second-order valence-electron chi connectivity index (χ2n) is 3.29. The Balaban J connectivity index is 2.87. The lowest BCUT2D eigenvalue weighted by atomic mass is 10.2. The molecule has 7 nitrogen and oxygen atoms in total. The maximum Gasteiger partial charge on any atom is 0.228 e. The number of oxime groups is 1. The number of amides is 1. The number of carbonyl (C=O) groups excluding carboxylic acids is 1. The molecule has 0 aromatic carbocycles. The summed E-state index contributed by atoms with van der Waals surface area (Å²) in [6.07, 6.45) is 1.37. The first-order chi connectivity index (χ1) is 7.06. The van der Waals surface area contributed by atoms with Crippen molar-refractivity contribution in [2.24, 2.45) is 16.8 Å². The molecule has 7 heteroatoms. The van der Waals surface area contributed by atoms with Crippen LogP contribution in [-0.2, 0) is 4.79 Å².